The molecule has 0 aromatic heterocycles. The standard InChI is InChI=1S/C40H53ClO6/c1-23(2)33-28(43)21-40(35(45)46-22-29(44)25-9-11-26(41)12-10-25)20-19-38(7)27(34(33)40)13-14-31-37(6)17-16-32(47-24(3)42)36(4,5)30(37)15-18-39(31,38)8/h9-12,23,27,30-32H,13-22H2,1-8H3/t27-,30+,31-,32+,37+,38-,39-,40-/m1/s1. The number of hydrogen-bond donors (Lipinski definition) is 0. The molecule has 4 fully saturated rings. The third-order valence-corrected chi connectivity index (χ3v) is 14.8. The Morgan fingerprint density at radius 2 is 1.55 bits per heavy atom. The summed E-state index contributed by atoms with van der Waals surface area (Å²) in [5.41, 5.74) is 1.21. The Balaban J connectivity index is 1.32. The van der Waals surface area contributed by atoms with Gasteiger partial charge < -0.3 is 9.47 Å². The zero-order chi connectivity index (χ0) is 34.3. The lowest BCUT2D eigenvalue weighted by Gasteiger charge is -2.72. The Labute approximate surface area is 285 Å². The van der Waals surface area contributed by atoms with Crippen LogP contribution in [0.4, 0.5) is 0 Å². The molecule has 8 atom stereocenters. The second-order valence-corrected chi connectivity index (χ2v) is 17.7. The average Bonchev–Trinajstić information content (AvgIpc) is 3.31. The van der Waals surface area contributed by atoms with Crippen LogP contribution in [-0.4, -0.2) is 36.2 Å². The Bertz CT molecular complexity index is 1520. The number of esters is 2. The average molecular weight is 665 g/mol. The molecule has 1 aromatic carbocycles. The molecule has 0 heterocycles. The fraction of sp³-hybridized carbons (Fsp3) is 0.700. The summed E-state index contributed by atoms with van der Waals surface area (Å²) >= 11 is 6.00. The summed E-state index contributed by atoms with van der Waals surface area (Å²) in [5, 5.41) is 0.535. The van der Waals surface area contributed by atoms with Gasteiger partial charge in [-0.1, -0.05) is 60.1 Å². The van der Waals surface area contributed by atoms with Gasteiger partial charge in [0.1, 0.15) is 6.10 Å². The molecule has 0 aliphatic heterocycles. The molecule has 47 heavy (non-hydrogen) atoms. The fourth-order valence-electron chi connectivity index (χ4n) is 12.2. The van der Waals surface area contributed by atoms with Crippen molar-refractivity contribution in [3.8, 4) is 0 Å². The molecule has 256 valence electrons. The van der Waals surface area contributed by atoms with Crippen molar-refractivity contribution in [2.24, 2.45) is 50.7 Å². The normalized spacial score (nSPS) is 39.0. The summed E-state index contributed by atoms with van der Waals surface area (Å²) in [7, 11) is 0. The number of fused-ring (bicyclic) bond motifs is 7. The second kappa shape index (κ2) is 11.6. The van der Waals surface area contributed by atoms with Gasteiger partial charge >= 0.3 is 11.9 Å². The minimum atomic E-state index is -1.00. The number of carbonyl (C=O) groups excluding carboxylic acids is 4. The smallest absolute Gasteiger partial charge is 0.317 e. The van der Waals surface area contributed by atoms with E-state index in [1.54, 1.807) is 24.3 Å². The molecule has 7 heteroatoms. The third-order valence-electron chi connectivity index (χ3n) is 14.6. The molecule has 0 unspecified atom stereocenters. The van der Waals surface area contributed by atoms with Gasteiger partial charge in [0, 0.05) is 29.3 Å². The highest BCUT2D eigenvalue weighted by molar-refractivity contribution is 6.30. The molecule has 5 aliphatic carbocycles. The number of benzene rings is 1. The van der Waals surface area contributed by atoms with Gasteiger partial charge in [-0.2, -0.15) is 0 Å². The number of ketones is 2. The lowest BCUT2D eigenvalue weighted by atomic mass is 9.33. The van der Waals surface area contributed by atoms with E-state index in [1.807, 2.05) is 0 Å². The van der Waals surface area contributed by atoms with Crippen molar-refractivity contribution in [1.82, 2.24) is 0 Å². The van der Waals surface area contributed by atoms with Crippen LogP contribution < -0.4 is 0 Å². The molecule has 0 radical (unpaired) electrons. The summed E-state index contributed by atoms with van der Waals surface area (Å²) in [6.07, 6.45) is 7.53. The first-order valence-electron chi connectivity index (χ1n) is 17.8. The predicted molar refractivity (Wildman–Crippen MR) is 182 cm³/mol. The number of carbonyl (C=O) groups is 4. The van der Waals surface area contributed by atoms with Gasteiger partial charge in [-0.05, 0) is 127 Å². The van der Waals surface area contributed by atoms with Crippen molar-refractivity contribution in [2.45, 2.75) is 119 Å². The molecule has 4 saturated carbocycles. The van der Waals surface area contributed by atoms with Gasteiger partial charge in [0.2, 0.25) is 0 Å². The van der Waals surface area contributed by atoms with E-state index in [-0.39, 0.29) is 70.2 Å². The maximum absolute atomic E-state index is 14.2. The molecule has 6 rings (SSSR count). The Hall–Kier alpha value is -2.47. The van der Waals surface area contributed by atoms with E-state index in [1.165, 1.54) is 6.92 Å². The molecular weight excluding hydrogens is 612 g/mol. The molecule has 0 bridgehead atoms. The minimum Gasteiger partial charge on any atom is -0.462 e. The molecule has 0 spiro atoms. The zero-order valence-corrected chi connectivity index (χ0v) is 30.4. The largest absolute Gasteiger partial charge is 0.462 e. The monoisotopic (exact) mass is 664 g/mol. The van der Waals surface area contributed by atoms with E-state index in [0.29, 0.717) is 28.8 Å². The Morgan fingerprint density at radius 1 is 0.872 bits per heavy atom. The molecular formula is C40H53ClO6. The summed E-state index contributed by atoms with van der Waals surface area (Å²) in [4.78, 5) is 53.1. The zero-order valence-electron chi connectivity index (χ0n) is 29.6. The lowest BCUT2D eigenvalue weighted by Crippen LogP contribution is -2.66. The van der Waals surface area contributed by atoms with E-state index in [0.717, 1.165) is 56.1 Å². The molecule has 1 aromatic rings. The molecule has 0 amide bonds. The quantitative estimate of drug-likeness (QED) is 0.223. The predicted octanol–water partition coefficient (Wildman–Crippen LogP) is 8.98. The molecule has 5 aliphatic rings. The van der Waals surface area contributed by atoms with Gasteiger partial charge in [0.05, 0.1) is 5.41 Å². The number of Topliss-reactive ketones (excluding diaryl/α,β-unsaturated/α-hetero) is 2. The highest BCUT2D eigenvalue weighted by Gasteiger charge is 2.71. The van der Waals surface area contributed by atoms with Crippen LogP contribution in [0.5, 0.6) is 0 Å². The molecule has 6 nitrogen and oxygen atoms in total. The van der Waals surface area contributed by atoms with Crippen LogP contribution in [-0.2, 0) is 23.9 Å². The summed E-state index contributed by atoms with van der Waals surface area (Å²) in [6, 6.07) is 6.59. The van der Waals surface area contributed by atoms with Crippen LogP contribution >= 0.6 is 11.6 Å². The van der Waals surface area contributed by atoms with Crippen LogP contribution in [0.1, 0.15) is 124 Å². The van der Waals surface area contributed by atoms with Crippen LogP contribution in [0.15, 0.2) is 35.4 Å². The third kappa shape index (κ3) is 5.00. The van der Waals surface area contributed by atoms with Crippen LogP contribution in [0.25, 0.3) is 0 Å². The number of halogens is 1. The number of ether oxygens (including phenoxy) is 2. The minimum absolute atomic E-state index is 0.00126. The number of rotatable bonds is 6. The highest BCUT2D eigenvalue weighted by atomic mass is 35.5. The van der Waals surface area contributed by atoms with Gasteiger partial charge in [-0.3, -0.25) is 19.2 Å². The van der Waals surface area contributed by atoms with Gasteiger partial charge in [-0.15, -0.1) is 0 Å². The topological polar surface area (TPSA) is 86.7 Å². The fourth-order valence-corrected chi connectivity index (χ4v) is 12.4. The Kier molecular flexibility index (Phi) is 8.46. The van der Waals surface area contributed by atoms with Crippen LogP contribution in [0, 0.1) is 50.7 Å². The van der Waals surface area contributed by atoms with Gasteiger partial charge in [0.25, 0.3) is 0 Å². The first kappa shape index (κ1) is 34.4. The number of hydrogen-bond acceptors (Lipinski definition) is 6. The SMILES string of the molecule is CC(=O)O[C@H]1CC[C@]2(C)[C@H]3CC[C@@H]4C5=C(C(C)C)C(=O)C[C@]5(C(=O)OCC(=O)c5ccc(Cl)cc5)CC[C@@]4(C)[C@]3(C)CC[C@H]2C1(C)C. The first-order chi connectivity index (χ1) is 21.9. The van der Waals surface area contributed by atoms with Gasteiger partial charge in [-0.25, -0.2) is 0 Å². The summed E-state index contributed by atoms with van der Waals surface area (Å²) < 4.78 is 11.8. The number of allylic oxidation sites excluding steroid dienone is 1. The van der Waals surface area contributed by atoms with Crippen molar-refractivity contribution < 1.29 is 28.7 Å². The highest BCUT2D eigenvalue weighted by Crippen LogP contribution is 2.76. The van der Waals surface area contributed by atoms with Gasteiger partial charge in [0.15, 0.2) is 18.2 Å². The van der Waals surface area contributed by atoms with E-state index in [4.69, 9.17) is 21.1 Å². The van der Waals surface area contributed by atoms with E-state index >= 15 is 0 Å². The Morgan fingerprint density at radius 3 is 2.19 bits per heavy atom. The molecule has 0 N–H and O–H groups in total. The lowest BCUT2D eigenvalue weighted by molar-refractivity contribution is -0.233. The maximum atomic E-state index is 14.2. The van der Waals surface area contributed by atoms with E-state index < -0.39 is 11.4 Å². The molecule has 0 saturated heterocycles. The van der Waals surface area contributed by atoms with Crippen molar-refractivity contribution in [3.63, 3.8) is 0 Å². The maximum Gasteiger partial charge on any atom is 0.317 e. The van der Waals surface area contributed by atoms with Crippen molar-refractivity contribution in [3.05, 3.63) is 46.0 Å². The van der Waals surface area contributed by atoms with Crippen molar-refractivity contribution in [1.29, 1.82) is 0 Å². The first-order valence-corrected chi connectivity index (χ1v) is 18.2. The van der Waals surface area contributed by atoms with Crippen LogP contribution in [0.3, 0.4) is 0 Å². The van der Waals surface area contributed by atoms with E-state index in [9.17, 15) is 19.2 Å². The van der Waals surface area contributed by atoms with Crippen molar-refractivity contribution >= 4 is 35.1 Å². The summed E-state index contributed by atoms with van der Waals surface area (Å²) in [5.74, 6) is 0.204. The summed E-state index contributed by atoms with van der Waals surface area (Å²) in [6.45, 7) is 17.4. The van der Waals surface area contributed by atoms with Crippen molar-refractivity contribution in [2.75, 3.05) is 6.61 Å². The second-order valence-electron chi connectivity index (χ2n) is 17.2. The van der Waals surface area contributed by atoms with Crippen LogP contribution in [0.2, 0.25) is 5.02 Å². The van der Waals surface area contributed by atoms with E-state index in [2.05, 4.69) is 48.5 Å².